The van der Waals surface area contributed by atoms with Crippen molar-refractivity contribution < 1.29 is 19.3 Å². The fourth-order valence-corrected chi connectivity index (χ4v) is 3.61. The summed E-state index contributed by atoms with van der Waals surface area (Å²) in [6.07, 6.45) is 0. The zero-order chi connectivity index (χ0) is 22.7. The number of nitrogens with one attached hydrogen (secondary N) is 1. The highest BCUT2D eigenvalue weighted by molar-refractivity contribution is 6.34. The van der Waals surface area contributed by atoms with Crippen molar-refractivity contribution in [2.24, 2.45) is 5.73 Å². The molecular weight excluding hydrogens is 426 g/mol. The van der Waals surface area contributed by atoms with Crippen LogP contribution in [0.4, 0.5) is 17.1 Å². The normalized spacial score (nSPS) is 13.6. The van der Waals surface area contributed by atoms with Gasteiger partial charge in [-0.25, -0.2) is 0 Å². The number of hydrogen-bond donors (Lipinski definition) is 2. The number of amides is 3. The van der Waals surface area contributed by atoms with Crippen LogP contribution in [-0.2, 0) is 4.79 Å². The van der Waals surface area contributed by atoms with Crippen molar-refractivity contribution in [3.05, 3.63) is 62.7 Å². The molecule has 0 saturated carbocycles. The van der Waals surface area contributed by atoms with Crippen molar-refractivity contribution >= 4 is 46.4 Å². The molecule has 1 heterocycles. The third-order valence-corrected chi connectivity index (χ3v) is 5.31. The van der Waals surface area contributed by atoms with Crippen LogP contribution in [0.3, 0.4) is 0 Å². The van der Waals surface area contributed by atoms with Gasteiger partial charge in [-0.05, 0) is 30.3 Å². The van der Waals surface area contributed by atoms with Crippen LogP contribution in [0.25, 0.3) is 0 Å². The van der Waals surface area contributed by atoms with Crippen LogP contribution in [-0.4, -0.2) is 53.7 Å². The molecule has 3 amide bonds. The molecule has 0 aromatic heterocycles. The molecule has 1 fully saturated rings. The number of hydrogen-bond acceptors (Lipinski definition) is 6. The third kappa shape index (κ3) is 4.92. The molecule has 2 aromatic carbocycles. The first-order chi connectivity index (χ1) is 14.7. The topological polar surface area (TPSA) is 139 Å². The number of nitrogens with two attached hydrogens (primary N) is 1. The van der Waals surface area contributed by atoms with Crippen LogP contribution in [0.15, 0.2) is 36.4 Å². The maximum absolute atomic E-state index is 12.6. The highest BCUT2D eigenvalue weighted by atomic mass is 35.5. The van der Waals surface area contributed by atoms with E-state index >= 15 is 0 Å². The molecule has 0 aliphatic carbocycles. The highest BCUT2D eigenvalue weighted by Crippen LogP contribution is 2.30. The number of rotatable bonds is 5. The highest BCUT2D eigenvalue weighted by Gasteiger charge is 2.26. The first-order valence-corrected chi connectivity index (χ1v) is 9.74. The molecule has 0 unspecified atom stereocenters. The van der Waals surface area contributed by atoms with E-state index in [1.165, 1.54) is 43.3 Å². The molecule has 2 aromatic rings. The smallest absolute Gasteiger partial charge is 0.293 e. The summed E-state index contributed by atoms with van der Waals surface area (Å²) in [6.45, 7) is 3.33. The molecule has 11 heteroatoms. The van der Waals surface area contributed by atoms with E-state index in [1.807, 2.05) is 4.90 Å². The number of nitrogens with zero attached hydrogens (tertiary/aromatic N) is 3. The Balaban J connectivity index is 1.80. The molecule has 0 radical (unpaired) electrons. The molecular formula is C20H20ClN5O5. The van der Waals surface area contributed by atoms with Crippen molar-refractivity contribution in [3.8, 4) is 0 Å². The first kappa shape index (κ1) is 22.0. The average Bonchev–Trinajstić information content (AvgIpc) is 2.73. The Kier molecular flexibility index (Phi) is 6.40. The number of piperazine rings is 1. The van der Waals surface area contributed by atoms with Crippen LogP contribution >= 0.6 is 11.6 Å². The summed E-state index contributed by atoms with van der Waals surface area (Å²) in [5.41, 5.74) is 5.91. The lowest BCUT2D eigenvalue weighted by atomic mass is 10.1. The van der Waals surface area contributed by atoms with Crippen LogP contribution in [0.5, 0.6) is 0 Å². The molecule has 162 valence electrons. The van der Waals surface area contributed by atoms with Gasteiger partial charge in [0.25, 0.3) is 11.6 Å². The maximum Gasteiger partial charge on any atom is 0.293 e. The second-order valence-electron chi connectivity index (χ2n) is 6.97. The summed E-state index contributed by atoms with van der Waals surface area (Å²) in [6, 6.07) is 8.44. The minimum atomic E-state index is -0.696. The van der Waals surface area contributed by atoms with Gasteiger partial charge in [-0.1, -0.05) is 11.6 Å². The lowest BCUT2D eigenvalue weighted by molar-refractivity contribution is -0.384. The molecule has 1 saturated heterocycles. The number of nitro groups is 1. The minimum absolute atomic E-state index is 0.0369. The number of benzene rings is 2. The number of nitro benzene ring substituents is 1. The minimum Gasteiger partial charge on any atom is -0.366 e. The number of anilines is 2. The Morgan fingerprint density at radius 1 is 1.10 bits per heavy atom. The maximum atomic E-state index is 12.6. The van der Waals surface area contributed by atoms with Crippen molar-refractivity contribution in [2.45, 2.75) is 6.92 Å². The van der Waals surface area contributed by atoms with E-state index in [9.17, 15) is 24.5 Å². The Hall–Kier alpha value is -3.66. The van der Waals surface area contributed by atoms with Gasteiger partial charge in [0.2, 0.25) is 11.8 Å². The summed E-state index contributed by atoms with van der Waals surface area (Å²) in [5.74, 6) is -1.30. The predicted molar refractivity (Wildman–Crippen MR) is 115 cm³/mol. The van der Waals surface area contributed by atoms with E-state index in [4.69, 9.17) is 17.3 Å². The standard InChI is InChI=1S/C20H20ClN5O5/c1-12(27)24-6-8-25(9-7-24)17-5-2-13(10-18(17)26(30)31)20(29)23-14-3-4-15(19(22)28)16(21)11-14/h2-5,10-11H,6-9H2,1H3,(H2,22,28)(H,23,29). The molecule has 10 nitrogen and oxygen atoms in total. The van der Waals surface area contributed by atoms with Crippen LogP contribution in [0.2, 0.25) is 5.02 Å². The zero-order valence-electron chi connectivity index (χ0n) is 16.6. The largest absolute Gasteiger partial charge is 0.366 e. The van der Waals surface area contributed by atoms with Gasteiger partial charge in [-0.2, -0.15) is 0 Å². The van der Waals surface area contributed by atoms with E-state index in [0.717, 1.165) is 0 Å². The van der Waals surface area contributed by atoms with Crippen LogP contribution in [0, 0.1) is 10.1 Å². The number of carbonyl (C=O) groups is 3. The monoisotopic (exact) mass is 445 g/mol. The number of carbonyl (C=O) groups excluding carboxylic acids is 3. The molecule has 0 spiro atoms. The average molecular weight is 446 g/mol. The van der Waals surface area contributed by atoms with Crippen LogP contribution < -0.4 is 16.0 Å². The fraction of sp³-hybridized carbons (Fsp3) is 0.250. The third-order valence-electron chi connectivity index (χ3n) is 4.99. The van der Waals surface area contributed by atoms with Gasteiger partial charge in [-0.15, -0.1) is 0 Å². The number of primary amides is 1. The van der Waals surface area contributed by atoms with Gasteiger partial charge >= 0.3 is 0 Å². The summed E-state index contributed by atoms with van der Waals surface area (Å²) >= 11 is 5.99. The number of halogens is 1. The van der Waals surface area contributed by atoms with Gasteiger partial charge < -0.3 is 20.9 Å². The van der Waals surface area contributed by atoms with Gasteiger partial charge in [0.1, 0.15) is 5.69 Å². The van der Waals surface area contributed by atoms with Gasteiger partial charge in [-0.3, -0.25) is 24.5 Å². The van der Waals surface area contributed by atoms with Crippen molar-refractivity contribution in [3.63, 3.8) is 0 Å². The summed E-state index contributed by atoms with van der Waals surface area (Å²) in [4.78, 5) is 49.9. The zero-order valence-corrected chi connectivity index (χ0v) is 17.4. The quantitative estimate of drug-likeness (QED) is 0.534. The van der Waals surface area contributed by atoms with Crippen molar-refractivity contribution in [1.82, 2.24) is 4.90 Å². The van der Waals surface area contributed by atoms with E-state index in [2.05, 4.69) is 5.32 Å². The van der Waals surface area contributed by atoms with E-state index in [1.54, 1.807) is 4.90 Å². The van der Waals surface area contributed by atoms with E-state index in [0.29, 0.717) is 37.6 Å². The second-order valence-corrected chi connectivity index (χ2v) is 7.37. The Morgan fingerprint density at radius 3 is 2.32 bits per heavy atom. The summed E-state index contributed by atoms with van der Waals surface area (Å²) in [5, 5.41) is 14.3. The van der Waals surface area contributed by atoms with Crippen molar-refractivity contribution in [2.75, 3.05) is 36.4 Å². The molecule has 1 aliphatic rings. The molecule has 0 bridgehead atoms. The first-order valence-electron chi connectivity index (χ1n) is 9.37. The predicted octanol–water partition coefficient (Wildman–Crippen LogP) is 2.27. The SMILES string of the molecule is CC(=O)N1CCN(c2ccc(C(=O)Nc3ccc(C(N)=O)c(Cl)c3)cc2[N+](=O)[O-])CC1. The molecule has 31 heavy (non-hydrogen) atoms. The molecule has 3 N–H and O–H groups in total. The second kappa shape index (κ2) is 9.00. The lowest BCUT2D eigenvalue weighted by Crippen LogP contribution is -2.48. The van der Waals surface area contributed by atoms with Gasteiger partial charge in [0.05, 0.1) is 15.5 Å². The lowest BCUT2D eigenvalue weighted by Gasteiger charge is -2.35. The summed E-state index contributed by atoms with van der Waals surface area (Å²) in [7, 11) is 0. The van der Waals surface area contributed by atoms with Crippen LogP contribution in [0.1, 0.15) is 27.6 Å². The summed E-state index contributed by atoms with van der Waals surface area (Å²) < 4.78 is 0. The fourth-order valence-electron chi connectivity index (χ4n) is 3.34. The Bertz CT molecular complexity index is 1070. The van der Waals surface area contributed by atoms with E-state index < -0.39 is 16.7 Å². The Morgan fingerprint density at radius 2 is 1.77 bits per heavy atom. The van der Waals surface area contributed by atoms with Gasteiger partial charge in [0.15, 0.2) is 0 Å². The van der Waals surface area contributed by atoms with E-state index in [-0.39, 0.29) is 27.7 Å². The molecule has 1 aliphatic heterocycles. The molecule has 3 rings (SSSR count). The Labute approximate surface area is 182 Å². The van der Waals surface area contributed by atoms with Crippen molar-refractivity contribution in [1.29, 1.82) is 0 Å². The van der Waals surface area contributed by atoms with Gasteiger partial charge in [0, 0.05) is 50.4 Å². The molecule has 0 atom stereocenters.